The minimum atomic E-state index is -4.75. The second kappa shape index (κ2) is 8.18. The molecular formula is C20H17F3N2O3. The zero-order chi connectivity index (χ0) is 20.1. The summed E-state index contributed by atoms with van der Waals surface area (Å²) in [6.07, 6.45) is -3.25. The number of aromatic nitrogens is 1. The molecule has 8 heteroatoms. The smallest absolute Gasteiger partial charge is 0.468 e. The third-order valence-corrected chi connectivity index (χ3v) is 3.83. The molecule has 0 saturated carbocycles. The van der Waals surface area contributed by atoms with Gasteiger partial charge in [0.2, 0.25) is 0 Å². The van der Waals surface area contributed by atoms with Gasteiger partial charge >= 0.3 is 6.36 Å². The molecule has 5 nitrogen and oxygen atoms in total. The van der Waals surface area contributed by atoms with E-state index in [9.17, 15) is 13.2 Å². The van der Waals surface area contributed by atoms with Gasteiger partial charge in [0.1, 0.15) is 17.3 Å². The summed E-state index contributed by atoms with van der Waals surface area (Å²) >= 11 is 0. The van der Waals surface area contributed by atoms with Crippen LogP contribution in [-0.4, -0.2) is 25.2 Å². The van der Waals surface area contributed by atoms with Gasteiger partial charge in [0.05, 0.1) is 0 Å². The summed E-state index contributed by atoms with van der Waals surface area (Å²) in [7, 11) is 1.53. The first-order valence-electron chi connectivity index (χ1n) is 8.19. The molecule has 3 aromatic rings. The van der Waals surface area contributed by atoms with Crippen molar-refractivity contribution in [2.24, 2.45) is 0 Å². The van der Waals surface area contributed by atoms with E-state index in [4.69, 9.17) is 15.2 Å². The number of hydrogen-bond acceptors (Lipinski definition) is 5. The maximum Gasteiger partial charge on any atom is 0.573 e. The molecule has 1 heterocycles. The van der Waals surface area contributed by atoms with Crippen LogP contribution in [0.1, 0.15) is 0 Å². The van der Waals surface area contributed by atoms with E-state index in [0.717, 1.165) is 5.56 Å². The van der Waals surface area contributed by atoms with Crippen LogP contribution in [0.15, 0.2) is 60.8 Å². The molecule has 0 radical (unpaired) electrons. The van der Waals surface area contributed by atoms with Crippen molar-refractivity contribution in [3.8, 4) is 33.8 Å². The van der Waals surface area contributed by atoms with Gasteiger partial charge in [-0.15, -0.1) is 13.2 Å². The minimum absolute atomic E-state index is 0.134. The van der Waals surface area contributed by atoms with Crippen LogP contribution in [0.25, 0.3) is 22.3 Å². The van der Waals surface area contributed by atoms with Crippen molar-refractivity contribution in [3.63, 3.8) is 0 Å². The lowest BCUT2D eigenvalue weighted by molar-refractivity contribution is -0.274. The third-order valence-electron chi connectivity index (χ3n) is 3.83. The molecule has 0 aliphatic heterocycles. The molecule has 2 aromatic carbocycles. The van der Waals surface area contributed by atoms with E-state index in [1.165, 1.54) is 31.5 Å². The Labute approximate surface area is 159 Å². The van der Waals surface area contributed by atoms with Crippen molar-refractivity contribution in [2.75, 3.05) is 19.6 Å². The summed E-state index contributed by atoms with van der Waals surface area (Å²) in [6, 6.07) is 14.6. The fourth-order valence-electron chi connectivity index (χ4n) is 2.59. The van der Waals surface area contributed by atoms with Crippen LogP contribution in [-0.2, 0) is 4.74 Å². The summed E-state index contributed by atoms with van der Waals surface area (Å²) in [5.41, 5.74) is 8.57. The normalized spacial score (nSPS) is 11.3. The molecule has 28 heavy (non-hydrogen) atoms. The largest absolute Gasteiger partial charge is 0.573 e. The van der Waals surface area contributed by atoms with Crippen LogP contribution in [0.2, 0.25) is 0 Å². The Morgan fingerprint density at radius 2 is 1.68 bits per heavy atom. The highest BCUT2D eigenvalue weighted by Gasteiger charge is 2.31. The Morgan fingerprint density at radius 3 is 2.36 bits per heavy atom. The highest BCUT2D eigenvalue weighted by Crippen LogP contribution is 2.32. The SMILES string of the molecule is COCOc1ccc(-c2cc(-c3cccc(OC(F)(F)F)c3)cnc2N)cc1. The van der Waals surface area contributed by atoms with Gasteiger partial charge in [0.25, 0.3) is 0 Å². The van der Waals surface area contributed by atoms with Gasteiger partial charge in [-0.2, -0.15) is 0 Å². The number of nitrogens with zero attached hydrogens (tertiary/aromatic N) is 1. The first kappa shape index (κ1) is 19.5. The number of hydrogen-bond donors (Lipinski definition) is 1. The third kappa shape index (κ3) is 4.92. The molecule has 1 aromatic heterocycles. The number of anilines is 1. The zero-order valence-corrected chi connectivity index (χ0v) is 14.9. The highest BCUT2D eigenvalue weighted by molar-refractivity contribution is 5.79. The number of methoxy groups -OCH3 is 1. The lowest BCUT2D eigenvalue weighted by Gasteiger charge is -2.12. The molecule has 0 fully saturated rings. The second-order valence-electron chi connectivity index (χ2n) is 5.81. The highest BCUT2D eigenvalue weighted by atomic mass is 19.4. The average Bonchev–Trinajstić information content (AvgIpc) is 2.66. The maximum atomic E-state index is 12.5. The summed E-state index contributed by atoms with van der Waals surface area (Å²) < 4.78 is 51.5. The van der Waals surface area contributed by atoms with Crippen molar-refractivity contribution in [1.29, 1.82) is 0 Å². The molecule has 0 aliphatic carbocycles. The molecule has 0 aliphatic rings. The number of alkyl halides is 3. The van der Waals surface area contributed by atoms with Gasteiger partial charge in [0, 0.05) is 24.4 Å². The Hall–Kier alpha value is -3.26. The first-order chi connectivity index (χ1) is 13.4. The lowest BCUT2D eigenvalue weighted by atomic mass is 10.0. The number of rotatable bonds is 6. The van der Waals surface area contributed by atoms with Crippen molar-refractivity contribution in [3.05, 3.63) is 60.8 Å². The van der Waals surface area contributed by atoms with E-state index in [0.29, 0.717) is 28.3 Å². The van der Waals surface area contributed by atoms with Crippen LogP contribution in [0, 0.1) is 0 Å². The van der Waals surface area contributed by atoms with Gasteiger partial charge in [-0.25, -0.2) is 4.98 Å². The quantitative estimate of drug-likeness (QED) is 0.608. The summed E-state index contributed by atoms with van der Waals surface area (Å²) in [6.45, 7) is 0.134. The summed E-state index contributed by atoms with van der Waals surface area (Å²) in [5.74, 6) is 0.630. The molecule has 2 N–H and O–H groups in total. The van der Waals surface area contributed by atoms with E-state index in [2.05, 4.69) is 9.72 Å². The number of pyridine rings is 1. The van der Waals surface area contributed by atoms with Crippen LogP contribution in [0.4, 0.5) is 19.0 Å². The lowest BCUT2D eigenvalue weighted by Crippen LogP contribution is -2.17. The molecule has 3 rings (SSSR count). The van der Waals surface area contributed by atoms with Gasteiger partial charge in [-0.3, -0.25) is 0 Å². The zero-order valence-electron chi connectivity index (χ0n) is 14.9. The van der Waals surface area contributed by atoms with Gasteiger partial charge in [-0.1, -0.05) is 24.3 Å². The number of ether oxygens (including phenoxy) is 3. The maximum absolute atomic E-state index is 12.5. The van der Waals surface area contributed by atoms with Crippen LogP contribution < -0.4 is 15.2 Å². The minimum Gasteiger partial charge on any atom is -0.468 e. The Kier molecular flexibility index (Phi) is 5.70. The fourth-order valence-corrected chi connectivity index (χ4v) is 2.59. The Morgan fingerprint density at radius 1 is 0.929 bits per heavy atom. The predicted molar refractivity (Wildman–Crippen MR) is 98.7 cm³/mol. The first-order valence-corrected chi connectivity index (χ1v) is 8.19. The van der Waals surface area contributed by atoms with E-state index in [1.807, 2.05) is 12.1 Å². The van der Waals surface area contributed by atoms with Gasteiger partial charge in [0.15, 0.2) is 6.79 Å². The van der Waals surface area contributed by atoms with Crippen LogP contribution in [0.3, 0.4) is 0 Å². The van der Waals surface area contributed by atoms with E-state index in [-0.39, 0.29) is 12.5 Å². The van der Waals surface area contributed by atoms with Crippen molar-refractivity contribution >= 4 is 5.82 Å². The van der Waals surface area contributed by atoms with Crippen LogP contribution in [0.5, 0.6) is 11.5 Å². The van der Waals surface area contributed by atoms with Crippen molar-refractivity contribution in [1.82, 2.24) is 4.98 Å². The number of nitrogen functional groups attached to an aromatic ring is 1. The number of halogens is 3. The molecule has 0 atom stereocenters. The van der Waals surface area contributed by atoms with Gasteiger partial charge < -0.3 is 19.9 Å². The molecule has 0 bridgehead atoms. The van der Waals surface area contributed by atoms with E-state index in [1.54, 1.807) is 24.3 Å². The monoisotopic (exact) mass is 390 g/mol. The number of nitrogens with two attached hydrogens (primary N) is 1. The van der Waals surface area contributed by atoms with Crippen molar-refractivity contribution in [2.45, 2.75) is 6.36 Å². The number of benzene rings is 2. The van der Waals surface area contributed by atoms with E-state index < -0.39 is 6.36 Å². The predicted octanol–water partition coefficient (Wildman–Crippen LogP) is 4.88. The Bertz CT molecular complexity index is 944. The van der Waals surface area contributed by atoms with E-state index >= 15 is 0 Å². The molecule has 0 saturated heterocycles. The fraction of sp³-hybridized carbons (Fsp3) is 0.150. The second-order valence-corrected chi connectivity index (χ2v) is 5.81. The molecule has 0 amide bonds. The standard InChI is InChI=1S/C20H17F3N2O3/c1-26-12-27-16-7-5-13(6-8-16)18-10-15(11-25-19(18)24)14-3-2-4-17(9-14)28-20(21,22)23/h2-11H,12H2,1H3,(H2,24,25). The summed E-state index contributed by atoms with van der Waals surface area (Å²) in [5, 5.41) is 0. The average molecular weight is 390 g/mol. The Balaban J connectivity index is 1.91. The molecular weight excluding hydrogens is 373 g/mol. The molecule has 0 spiro atoms. The van der Waals surface area contributed by atoms with Gasteiger partial charge in [-0.05, 0) is 41.5 Å². The summed E-state index contributed by atoms with van der Waals surface area (Å²) in [4.78, 5) is 4.17. The molecule has 146 valence electrons. The van der Waals surface area contributed by atoms with Crippen molar-refractivity contribution < 1.29 is 27.4 Å². The van der Waals surface area contributed by atoms with Crippen LogP contribution >= 0.6 is 0 Å². The molecule has 0 unspecified atom stereocenters. The topological polar surface area (TPSA) is 66.6 Å².